The molecule has 1 saturated carbocycles. The largest absolute Gasteiger partial charge is 0.481 e. The summed E-state index contributed by atoms with van der Waals surface area (Å²) in [6.07, 6.45) is 3.39. The molecule has 1 atom stereocenters. The molecule has 2 N–H and O–H groups in total. The van der Waals surface area contributed by atoms with Gasteiger partial charge in [0.05, 0.1) is 5.41 Å². The number of hydrogen-bond donors (Lipinski definition) is 2. The molecule has 20 heavy (non-hydrogen) atoms. The van der Waals surface area contributed by atoms with Gasteiger partial charge in [-0.15, -0.1) is 0 Å². The number of nitrogens with one attached hydrogen (secondary N) is 1. The van der Waals surface area contributed by atoms with Crippen molar-refractivity contribution in [1.29, 1.82) is 0 Å². The first-order chi connectivity index (χ1) is 9.14. The van der Waals surface area contributed by atoms with Crippen LogP contribution in [0.15, 0.2) is 0 Å². The lowest BCUT2D eigenvalue weighted by molar-refractivity contribution is -0.153. The maximum Gasteiger partial charge on any atom is 0.310 e. The van der Waals surface area contributed by atoms with Crippen LogP contribution in [0.4, 0.5) is 0 Å². The van der Waals surface area contributed by atoms with Gasteiger partial charge in [-0.3, -0.25) is 9.59 Å². The van der Waals surface area contributed by atoms with Crippen LogP contribution in [0.1, 0.15) is 46.5 Å². The highest BCUT2D eigenvalue weighted by Crippen LogP contribution is 2.36. The van der Waals surface area contributed by atoms with Crippen molar-refractivity contribution < 1.29 is 14.7 Å². The Morgan fingerprint density at radius 2 is 1.90 bits per heavy atom. The third-order valence-electron chi connectivity index (χ3n) is 5.14. The lowest BCUT2D eigenvalue weighted by Gasteiger charge is -2.47. The fraction of sp³-hybridized carbons (Fsp3) is 0.867. The maximum absolute atomic E-state index is 12.1. The number of carbonyl (C=O) groups excluding carboxylic acids is 1. The van der Waals surface area contributed by atoms with Gasteiger partial charge < -0.3 is 15.3 Å². The minimum absolute atomic E-state index is 0.0313. The number of hydrogen-bond acceptors (Lipinski definition) is 3. The van der Waals surface area contributed by atoms with Gasteiger partial charge in [0.15, 0.2) is 0 Å². The zero-order valence-corrected chi connectivity index (χ0v) is 13.3. The van der Waals surface area contributed by atoms with E-state index in [1.807, 2.05) is 27.9 Å². The quantitative estimate of drug-likeness (QED) is 0.747. The van der Waals surface area contributed by atoms with Gasteiger partial charge in [0.1, 0.15) is 0 Å². The SMILES string of the molecule is CC(C)C(C)(CC(=O)NCC1(N(C)C)CCC1)C(=O)O. The molecule has 116 valence electrons. The van der Waals surface area contributed by atoms with Gasteiger partial charge in [-0.2, -0.15) is 0 Å². The van der Waals surface area contributed by atoms with Gasteiger partial charge in [-0.25, -0.2) is 0 Å². The van der Waals surface area contributed by atoms with Crippen molar-refractivity contribution in [3.05, 3.63) is 0 Å². The van der Waals surface area contributed by atoms with E-state index in [4.69, 9.17) is 0 Å². The predicted molar refractivity (Wildman–Crippen MR) is 78.5 cm³/mol. The second kappa shape index (κ2) is 6.12. The summed E-state index contributed by atoms with van der Waals surface area (Å²) in [5, 5.41) is 12.3. The summed E-state index contributed by atoms with van der Waals surface area (Å²) in [6, 6.07) is 0. The van der Waals surface area contributed by atoms with Crippen LogP contribution in [0.3, 0.4) is 0 Å². The van der Waals surface area contributed by atoms with E-state index in [1.54, 1.807) is 6.92 Å². The minimum atomic E-state index is -1.00. The third-order valence-corrected chi connectivity index (χ3v) is 5.14. The second-order valence-corrected chi connectivity index (χ2v) is 6.80. The molecule has 0 saturated heterocycles. The predicted octanol–water partition coefficient (Wildman–Crippen LogP) is 1.72. The van der Waals surface area contributed by atoms with Crippen LogP contribution in [-0.2, 0) is 9.59 Å². The Hall–Kier alpha value is -1.10. The molecule has 0 aromatic heterocycles. The van der Waals surface area contributed by atoms with Crippen LogP contribution in [0.25, 0.3) is 0 Å². The van der Waals surface area contributed by atoms with E-state index in [0.29, 0.717) is 6.54 Å². The lowest BCUT2D eigenvalue weighted by atomic mass is 9.74. The smallest absolute Gasteiger partial charge is 0.310 e. The van der Waals surface area contributed by atoms with Crippen LogP contribution >= 0.6 is 0 Å². The fourth-order valence-corrected chi connectivity index (χ4v) is 2.55. The molecule has 0 bridgehead atoms. The minimum Gasteiger partial charge on any atom is -0.481 e. The molecule has 5 nitrogen and oxygen atoms in total. The van der Waals surface area contributed by atoms with Crippen LogP contribution in [0, 0.1) is 11.3 Å². The van der Waals surface area contributed by atoms with E-state index in [0.717, 1.165) is 12.8 Å². The molecule has 0 aromatic rings. The molecule has 1 fully saturated rings. The molecule has 1 unspecified atom stereocenters. The summed E-state index contributed by atoms with van der Waals surface area (Å²) >= 11 is 0. The highest BCUT2D eigenvalue weighted by Gasteiger charge is 2.41. The van der Waals surface area contributed by atoms with E-state index in [2.05, 4.69) is 10.2 Å². The molecule has 0 heterocycles. The summed E-state index contributed by atoms with van der Waals surface area (Å²) in [7, 11) is 4.06. The average Bonchev–Trinajstić information content (AvgIpc) is 2.26. The second-order valence-electron chi connectivity index (χ2n) is 6.80. The Bertz CT molecular complexity index is 375. The molecular formula is C15H28N2O3. The highest BCUT2D eigenvalue weighted by atomic mass is 16.4. The van der Waals surface area contributed by atoms with Gasteiger partial charge in [0.2, 0.25) is 5.91 Å². The summed E-state index contributed by atoms with van der Waals surface area (Å²) in [6.45, 7) is 5.93. The normalized spacial score (nSPS) is 20.4. The van der Waals surface area contributed by atoms with E-state index in [-0.39, 0.29) is 23.8 Å². The number of carboxylic acids is 1. The topological polar surface area (TPSA) is 69.6 Å². The molecule has 0 aliphatic heterocycles. The van der Waals surface area contributed by atoms with Crippen molar-refractivity contribution >= 4 is 11.9 Å². The van der Waals surface area contributed by atoms with Gasteiger partial charge in [0, 0.05) is 18.5 Å². The van der Waals surface area contributed by atoms with E-state index in [1.165, 1.54) is 6.42 Å². The van der Waals surface area contributed by atoms with Gasteiger partial charge in [-0.05, 0) is 46.2 Å². The van der Waals surface area contributed by atoms with Crippen molar-refractivity contribution in [2.45, 2.75) is 52.0 Å². The first-order valence-corrected chi connectivity index (χ1v) is 7.31. The summed E-state index contributed by atoms with van der Waals surface area (Å²) < 4.78 is 0. The van der Waals surface area contributed by atoms with Crippen LogP contribution in [0.2, 0.25) is 0 Å². The molecule has 1 rings (SSSR count). The zero-order chi connectivity index (χ0) is 15.6. The fourth-order valence-electron chi connectivity index (χ4n) is 2.55. The summed E-state index contributed by atoms with van der Waals surface area (Å²) in [5.41, 5.74) is -0.942. The van der Waals surface area contributed by atoms with Crippen molar-refractivity contribution in [2.75, 3.05) is 20.6 Å². The Morgan fingerprint density at radius 1 is 1.35 bits per heavy atom. The number of carboxylic acid groups (broad SMARTS) is 1. The Kier molecular flexibility index (Phi) is 5.19. The van der Waals surface area contributed by atoms with Crippen molar-refractivity contribution in [3.63, 3.8) is 0 Å². The summed E-state index contributed by atoms with van der Waals surface area (Å²) in [5.74, 6) is -1.16. The van der Waals surface area contributed by atoms with Crippen LogP contribution < -0.4 is 5.32 Å². The molecule has 1 aliphatic rings. The Morgan fingerprint density at radius 3 is 2.20 bits per heavy atom. The van der Waals surface area contributed by atoms with E-state index >= 15 is 0 Å². The number of amides is 1. The third kappa shape index (κ3) is 3.32. The maximum atomic E-state index is 12.1. The number of aliphatic carboxylic acids is 1. The highest BCUT2D eigenvalue weighted by molar-refractivity contribution is 5.84. The number of carbonyl (C=O) groups is 2. The molecule has 0 spiro atoms. The summed E-state index contributed by atoms with van der Waals surface area (Å²) in [4.78, 5) is 25.6. The molecule has 1 aliphatic carbocycles. The first-order valence-electron chi connectivity index (χ1n) is 7.31. The Labute approximate surface area is 121 Å². The Balaban J connectivity index is 2.57. The standard InChI is InChI=1S/C15H28N2O3/c1-11(2)14(3,13(19)20)9-12(18)16-10-15(17(4)5)7-6-8-15/h11H,6-10H2,1-5H3,(H,16,18)(H,19,20). The molecule has 0 radical (unpaired) electrons. The molecular weight excluding hydrogens is 256 g/mol. The first kappa shape index (κ1) is 17.0. The van der Waals surface area contributed by atoms with Gasteiger partial charge in [-0.1, -0.05) is 13.8 Å². The average molecular weight is 284 g/mol. The van der Waals surface area contributed by atoms with Crippen molar-refractivity contribution in [2.24, 2.45) is 11.3 Å². The van der Waals surface area contributed by atoms with Crippen molar-refractivity contribution in [3.8, 4) is 0 Å². The van der Waals surface area contributed by atoms with Crippen LogP contribution in [0.5, 0.6) is 0 Å². The number of likely N-dealkylation sites (N-methyl/N-ethyl adjacent to an activating group) is 1. The lowest BCUT2D eigenvalue weighted by Crippen LogP contribution is -2.57. The number of rotatable bonds is 7. The molecule has 5 heteroatoms. The van der Waals surface area contributed by atoms with E-state index in [9.17, 15) is 14.7 Å². The monoisotopic (exact) mass is 284 g/mol. The van der Waals surface area contributed by atoms with Gasteiger partial charge in [0.25, 0.3) is 0 Å². The van der Waals surface area contributed by atoms with Crippen molar-refractivity contribution in [1.82, 2.24) is 10.2 Å². The number of nitrogens with zero attached hydrogens (tertiary/aromatic N) is 1. The van der Waals surface area contributed by atoms with Crippen LogP contribution in [-0.4, -0.2) is 48.1 Å². The molecule has 0 aromatic carbocycles. The zero-order valence-electron chi connectivity index (χ0n) is 13.3. The van der Waals surface area contributed by atoms with Gasteiger partial charge >= 0.3 is 5.97 Å². The van der Waals surface area contributed by atoms with E-state index < -0.39 is 11.4 Å². The molecule has 1 amide bonds.